The number of Topliss-reactive ketones (excluding diaryl/α,β-unsaturated/α-hetero) is 1. The zero-order valence-electron chi connectivity index (χ0n) is 29.5. The number of carbonyl (C=O) groups is 5. The summed E-state index contributed by atoms with van der Waals surface area (Å²) in [6.45, 7) is 13.8. The van der Waals surface area contributed by atoms with E-state index in [4.69, 9.17) is 0 Å². The van der Waals surface area contributed by atoms with Gasteiger partial charge in [0.2, 0.25) is 17.6 Å². The van der Waals surface area contributed by atoms with E-state index in [9.17, 15) is 32.4 Å². The number of sulfonamides is 1. The Labute approximate surface area is 288 Å². The molecular weight excluding hydrogens is 657 g/mol. The van der Waals surface area contributed by atoms with E-state index in [1.807, 2.05) is 34.6 Å². The van der Waals surface area contributed by atoms with Gasteiger partial charge in [-0.3, -0.25) is 19.2 Å². The minimum Gasteiger partial charge on any atom is -0.353 e. The van der Waals surface area contributed by atoms with E-state index in [-0.39, 0.29) is 39.8 Å². The fraction of sp³-hybridized carbons (Fsp3) is 0.727. The zero-order valence-corrected chi connectivity index (χ0v) is 31.1. The largest absolute Gasteiger partial charge is 0.353 e. The Bertz CT molecular complexity index is 1500. The summed E-state index contributed by atoms with van der Waals surface area (Å²) in [5, 5.41) is 12.6. The summed E-state index contributed by atoms with van der Waals surface area (Å²) in [6, 6.07) is -0.816. The van der Waals surface area contributed by atoms with Crippen LogP contribution in [0, 0.1) is 34.5 Å². The number of hydrogen-bond donors (Lipinski definition) is 4. The molecule has 5 amide bonds. The minimum absolute atomic E-state index is 0.0283. The average Bonchev–Trinajstić information content (AvgIpc) is 3.74. The highest BCUT2D eigenvalue weighted by Gasteiger charge is 2.70. The zero-order chi connectivity index (χ0) is 35.9. The van der Waals surface area contributed by atoms with Crippen LogP contribution in [0.3, 0.4) is 0 Å². The monoisotopic (exact) mass is 708 g/mol. The van der Waals surface area contributed by atoms with E-state index in [1.54, 1.807) is 11.4 Å². The van der Waals surface area contributed by atoms with Gasteiger partial charge >= 0.3 is 6.03 Å². The molecule has 7 atom stereocenters. The fourth-order valence-electron chi connectivity index (χ4n) is 6.89. The van der Waals surface area contributed by atoms with Crippen molar-refractivity contribution in [2.75, 3.05) is 27.2 Å². The number of hydrogen-bond acceptors (Lipinski definition) is 8. The quantitative estimate of drug-likeness (QED) is 0.215. The molecule has 0 aromatic carbocycles. The van der Waals surface area contributed by atoms with Gasteiger partial charge < -0.3 is 26.2 Å². The van der Waals surface area contributed by atoms with Gasteiger partial charge in [0, 0.05) is 33.2 Å². The van der Waals surface area contributed by atoms with Gasteiger partial charge in [0.1, 0.15) is 22.3 Å². The van der Waals surface area contributed by atoms with Crippen molar-refractivity contribution in [2.24, 2.45) is 34.5 Å². The second-order valence-electron chi connectivity index (χ2n) is 15.3. The first-order valence-electron chi connectivity index (χ1n) is 16.7. The number of carbonyl (C=O) groups excluding carboxylic acids is 5. The van der Waals surface area contributed by atoms with Crippen LogP contribution in [0.2, 0.25) is 0 Å². The van der Waals surface area contributed by atoms with Crippen LogP contribution in [0.1, 0.15) is 67.7 Å². The maximum Gasteiger partial charge on any atom is 0.315 e. The molecule has 1 unspecified atom stereocenters. The molecule has 2 heterocycles. The van der Waals surface area contributed by atoms with Crippen LogP contribution in [-0.2, 0) is 29.2 Å². The highest BCUT2D eigenvalue weighted by atomic mass is 32.2. The summed E-state index contributed by atoms with van der Waals surface area (Å²) in [5.41, 5.74) is -0.950. The lowest BCUT2D eigenvalue weighted by Crippen LogP contribution is -2.62. The predicted octanol–water partition coefficient (Wildman–Crippen LogP) is 2.19. The first kappa shape index (κ1) is 37.8. The Hall–Kier alpha value is -3.04. The summed E-state index contributed by atoms with van der Waals surface area (Å²) in [5.74, 6) is -2.65. The second kappa shape index (κ2) is 14.1. The molecule has 0 spiro atoms. The summed E-state index contributed by atoms with van der Waals surface area (Å²) < 4.78 is 27.7. The molecule has 15 heteroatoms. The predicted molar refractivity (Wildman–Crippen MR) is 182 cm³/mol. The van der Waals surface area contributed by atoms with E-state index < -0.39 is 69.1 Å². The Morgan fingerprint density at radius 2 is 1.75 bits per heavy atom. The molecule has 268 valence electrons. The van der Waals surface area contributed by atoms with Crippen LogP contribution >= 0.6 is 11.3 Å². The summed E-state index contributed by atoms with van der Waals surface area (Å²) in [7, 11) is -0.901. The van der Waals surface area contributed by atoms with Crippen LogP contribution in [0.5, 0.6) is 0 Å². The van der Waals surface area contributed by atoms with Gasteiger partial charge in [0.05, 0.1) is 0 Å². The third kappa shape index (κ3) is 7.72. The Kier molecular flexibility index (Phi) is 11.1. The van der Waals surface area contributed by atoms with Crippen molar-refractivity contribution >= 4 is 50.9 Å². The maximum absolute atomic E-state index is 14.3. The smallest absolute Gasteiger partial charge is 0.315 e. The van der Waals surface area contributed by atoms with Gasteiger partial charge in [-0.05, 0) is 58.8 Å². The molecule has 4 N–H and O–H groups in total. The van der Waals surface area contributed by atoms with Crippen LogP contribution in [0.4, 0.5) is 4.79 Å². The molecule has 2 saturated carbocycles. The third-order valence-corrected chi connectivity index (χ3v) is 13.7. The first-order chi connectivity index (χ1) is 22.3. The molecule has 1 aliphatic heterocycles. The third-order valence-electron chi connectivity index (χ3n) is 10.5. The van der Waals surface area contributed by atoms with Crippen molar-refractivity contribution in [3.05, 3.63) is 17.5 Å². The number of ketones is 1. The van der Waals surface area contributed by atoms with Crippen LogP contribution in [-0.4, -0.2) is 98.5 Å². The Morgan fingerprint density at radius 3 is 2.27 bits per heavy atom. The molecule has 48 heavy (non-hydrogen) atoms. The second-order valence-corrected chi connectivity index (χ2v) is 18.5. The number of likely N-dealkylation sites (tertiary alicyclic amines) is 1. The van der Waals surface area contributed by atoms with E-state index in [1.165, 1.54) is 29.4 Å². The maximum atomic E-state index is 14.3. The van der Waals surface area contributed by atoms with Gasteiger partial charge in [-0.15, -0.1) is 11.3 Å². The highest BCUT2D eigenvalue weighted by Crippen LogP contribution is 2.65. The van der Waals surface area contributed by atoms with Crippen molar-refractivity contribution in [1.29, 1.82) is 0 Å². The molecule has 0 bridgehead atoms. The van der Waals surface area contributed by atoms with Crippen LogP contribution < -0.4 is 21.3 Å². The van der Waals surface area contributed by atoms with Crippen LogP contribution in [0.15, 0.2) is 21.7 Å². The molecule has 1 aromatic rings. The van der Waals surface area contributed by atoms with Crippen molar-refractivity contribution in [1.82, 2.24) is 30.5 Å². The van der Waals surface area contributed by atoms with E-state index >= 15 is 0 Å². The van der Waals surface area contributed by atoms with Gasteiger partial charge in [-0.25, -0.2) is 13.2 Å². The van der Waals surface area contributed by atoms with Gasteiger partial charge in [0.15, 0.2) is 0 Å². The highest BCUT2D eigenvalue weighted by molar-refractivity contribution is 7.91. The number of thiophene rings is 1. The van der Waals surface area contributed by atoms with Crippen molar-refractivity contribution < 1.29 is 32.4 Å². The minimum atomic E-state index is -3.75. The SMILES string of the molecule is CC[C@H](C)[C@@H](CN(C)S(=O)(=O)c1cccs1)NC(=O)N[C@H](C(=O)N1C[C@H]2[C@@H]([C@H]1C(=O)NC(C(=O)C(=O)NC)C1CC1)C2(C)C)C(C)(C)C. The Balaban J connectivity index is 1.52. The van der Waals surface area contributed by atoms with Gasteiger partial charge in [-0.2, -0.15) is 4.31 Å². The summed E-state index contributed by atoms with van der Waals surface area (Å²) >= 11 is 1.12. The fourth-order valence-corrected chi connectivity index (χ4v) is 9.29. The van der Waals surface area contributed by atoms with Crippen LogP contribution in [0.25, 0.3) is 0 Å². The topological polar surface area (TPSA) is 174 Å². The Morgan fingerprint density at radius 1 is 1.10 bits per heavy atom. The van der Waals surface area contributed by atoms with E-state index in [0.29, 0.717) is 13.0 Å². The van der Waals surface area contributed by atoms with E-state index in [0.717, 1.165) is 24.2 Å². The molecular formula is C33H52N6O7S2. The number of nitrogens with one attached hydrogen (secondary N) is 4. The first-order valence-corrected chi connectivity index (χ1v) is 19.0. The number of amides is 5. The lowest BCUT2D eigenvalue weighted by molar-refractivity contribution is -0.145. The molecule has 0 radical (unpaired) electrons. The normalized spacial score (nSPS) is 24.1. The molecule has 2 aliphatic carbocycles. The molecule has 3 aliphatic rings. The molecule has 13 nitrogen and oxygen atoms in total. The number of fused-ring (bicyclic) bond motifs is 1. The van der Waals surface area contributed by atoms with Gasteiger partial charge in [-0.1, -0.05) is 61.0 Å². The van der Waals surface area contributed by atoms with Crippen molar-refractivity contribution in [3.63, 3.8) is 0 Å². The lowest BCUT2D eigenvalue weighted by atomic mass is 9.85. The number of rotatable bonds is 14. The standard InChI is InChI=1S/C33H52N6O7S2/c1-10-18(2)21(17-38(9)48(45,46)22-12-11-15-47-22)35-31(44)37-27(32(3,4)5)30(43)39-16-20-23(33(20,6)7)25(39)28(41)36-24(19-13-14-19)26(40)29(42)34-8/h11-12,15,18-21,23-25,27H,10,13-14,16-17H2,1-9H3,(H,34,42)(H,36,41)(H2,35,37,44)/t18-,20-,21+,23-,24?,25-,27+/m0/s1. The van der Waals surface area contributed by atoms with Crippen molar-refractivity contribution in [3.8, 4) is 0 Å². The van der Waals surface area contributed by atoms with E-state index in [2.05, 4.69) is 35.1 Å². The molecule has 3 fully saturated rings. The number of nitrogens with zero attached hydrogens (tertiary/aromatic N) is 2. The average molecular weight is 709 g/mol. The number of likely N-dealkylation sites (N-methyl/N-ethyl adjacent to an activating group) is 2. The lowest BCUT2D eigenvalue weighted by Gasteiger charge is -2.38. The number of urea groups is 1. The van der Waals surface area contributed by atoms with Crippen molar-refractivity contribution in [2.45, 2.75) is 96.1 Å². The molecule has 1 aromatic heterocycles. The number of piperidine rings is 1. The molecule has 4 rings (SSSR count). The summed E-state index contributed by atoms with van der Waals surface area (Å²) in [6.07, 6.45) is 2.11. The van der Waals surface area contributed by atoms with Gasteiger partial charge in [0.25, 0.3) is 15.9 Å². The molecule has 1 saturated heterocycles. The summed E-state index contributed by atoms with van der Waals surface area (Å²) in [4.78, 5) is 68.4.